The highest BCUT2D eigenvalue weighted by Gasteiger charge is 2.21. The first kappa shape index (κ1) is 17.3. The van der Waals surface area contributed by atoms with Gasteiger partial charge in [0.15, 0.2) is 5.78 Å². The van der Waals surface area contributed by atoms with Crippen LogP contribution in [-0.2, 0) is 10.8 Å². The molecule has 0 amide bonds. The van der Waals surface area contributed by atoms with Crippen LogP contribution in [0, 0.1) is 5.82 Å². The summed E-state index contributed by atoms with van der Waals surface area (Å²) < 4.78 is 25.4. The summed E-state index contributed by atoms with van der Waals surface area (Å²) in [6, 6.07) is 9.41. The molecular weight excluding hydrogens is 417 g/mol. The van der Waals surface area contributed by atoms with Crippen LogP contribution >= 0.6 is 27.5 Å². The molecule has 1 heterocycles. The monoisotopic (exact) mass is 427 g/mol. The molecule has 0 aliphatic carbocycles. The highest BCUT2D eigenvalue weighted by Crippen LogP contribution is 2.37. The largest absolute Gasteiger partial charge is 0.352 e. The Hall–Kier alpha value is -1.50. The fourth-order valence-electron chi connectivity index (χ4n) is 2.57. The van der Waals surface area contributed by atoms with E-state index in [1.807, 2.05) is 0 Å². The molecule has 3 aromatic rings. The van der Waals surface area contributed by atoms with Crippen molar-refractivity contribution in [2.45, 2.75) is 0 Å². The van der Waals surface area contributed by atoms with Gasteiger partial charge in [0.05, 0.1) is 16.5 Å². The Balaban J connectivity index is 2.29. The number of halogens is 3. The van der Waals surface area contributed by atoms with E-state index in [1.165, 1.54) is 18.4 Å². The molecule has 0 saturated heterocycles. The molecular formula is C17H12BrClFNO2S. The number of Topliss-reactive ketones (excluding diaryl/α,β-unsaturated/α-hetero) is 1. The number of aromatic amines is 1. The maximum atomic E-state index is 13.2. The number of nitrogens with one attached hydrogen (secondary N) is 1. The van der Waals surface area contributed by atoms with Gasteiger partial charge in [0.2, 0.25) is 0 Å². The van der Waals surface area contributed by atoms with Crippen LogP contribution in [0.15, 0.2) is 40.9 Å². The smallest absolute Gasteiger partial charge is 0.192 e. The molecule has 0 aliphatic heterocycles. The Morgan fingerprint density at radius 3 is 2.58 bits per heavy atom. The van der Waals surface area contributed by atoms with Gasteiger partial charge < -0.3 is 4.98 Å². The van der Waals surface area contributed by atoms with E-state index in [0.29, 0.717) is 26.3 Å². The van der Waals surface area contributed by atoms with Gasteiger partial charge in [-0.05, 0) is 45.8 Å². The van der Waals surface area contributed by atoms with Crippen molar-refractivity contribution in [3.8, 4) is 11.1 Å². The zero-order chi connectivity index (χ0) is 17.4. The topological polar surface area (TPSA) is 49.9 Å². The molecule has 1 unspecified atom stereocenters. The molecule has 0 bridgehead atoms. The number of hydrogen-bond donors (Lipinski definition) is 1. The fraction of sp³-hybridized carbons (Fsp3) is 0.118. The standard InChI is InChI=1S/C17H12BrClFNO2S/c1-24(23)8-15(22)17-16(9-2-4-10(20)5-3-9)11-6-13(19)12(18)7-14(11)21-17/h2-7,21H,8H2,1H3. The molecule has 0 saturated carbocycles. The average molecular weight is 429 g/mol. The average Bonchev–Trinajstić information content (AvgIpc) is 2.86. The third-order valence-electron chi connectivity index (χ3n) is 3.59. The van der Waals surface area contributed by atoms with Gasteiger partial charge >= 0.3 is 0 Å². The second-order valence-corrected chi connectivity index (χ2v) is 8.03. The number of aromatic nitrogens is 1. The van der Waals surface area contributed by atoms with Crippen molar-refractivity contribution >= 4 is 55.0 Å². The van der Waals surface area contributed by atoms with Crippen LogP contribution in [0.5, 0.6) is 0 Å². The number of H-pyrrole nitrogens is 1. The molecule has 7 heteroatoms. The molecule has 1 atom stereocenters. The van der Waals surface area contributed by atoms with E-state index in [0.717, 1.165) is 10.9 Å². The quantitative estimate of drug-likeness (QED) is 0.598. The van der Waals surface area contributed by atoms with E-state index < -0.39 is 10.8 Å². The second kappa shape index (κ2) is 6.78. The van der Waals surface area contributed by atoms with Crippen LogP contribution in [0.1, 0.15) is 10.5 Å². The minimum atomic E-state index is -1.26. The van der Waals surface area contributed by atoms with Crippen molar-refractivity contribution in [1.82, 2.24) is 4.98 Å². The fourth-order valence-corrected chi connectivity index (χ4v) is 3.59. The molecule has 124 valence electrons. The van der Waals surface area contributed by atoms with Crippen molar-refractivity contribution in [1.29, 1.82) is 0 Å². The van der Waals surface area contributed by atoms with Crippen LogP contribution in [-0.4, -0.2) is 27.0 Å². The second-order valence-electron chi connectivity index (χ2n) is 5.33. The predicted octanol–water partition coefficient (Wildman–Crippen LogP) is 4.95. The molecule has 0 aliphatic rings. The van der Waals surface area contributed by atoms with E-state index in [4.69, 9.17) is 11.6 Å². The third kappa shape index (κ3) is 3.31. The Morgan fingerprint density at radius 1 is 1.29 bits per heavy atom. The lowest BCUT2D eigenvalue weighted by atomic mass is 10.0. The number of hydrogen-bond acceptors (Lipinski definition) is 2. The number of fused-ring (bicyclic) bond motifs is 1. The number of carbonyl (C=O) groups excluding carboxylic acids is 1. The van der Waals surface area contributed by atoms with Crippen molar-refractivity contribution in [2.24, 2.45) is 0 Å². The van der Waals surface area contributed by atoms with E-state index in [9.17, 15) is 13.4 Å². The summed E-state index contributed by atoms with van der Waals surface area (Å²) in [5.74, 6) is -0.712. The summed E-state index contributed by atoms with van der Waals surface area (Å²) in [6.07, 6.45) is 1.48. The maximum absolute atomic E-state index is 13.2. The van der Waals surface area contributed by atoms with Crippen molar-refractivity contribution < 1.29 is 13.4 Å². The van der Waals surface area contributed by atoms with Crippen molar-refractivity contribution in [3.05, 3.63) is 57.4 Å². The molecule has 0 fully saturated rings. The zero-order valence-corrected chi connectivity index (χ0v) is 15.7. The summed E-state index contributed by atoms with van der Waals surface area (Å²) >= 11 is 9.55. The van der Waals surface area contributed by atoms with Gasteiger partial charge in [0.1, 0.15) is 5.82 Å². The van der Waals surface area contributed by atoms with Crippen LogP contribution < -0.4 is 0 Å². The van der Waals surface area contributed by atoms with Gasteiger partial charge in [-0.25, -0.2) is 4.39 Å². The predicted molar refractivity (Wildman–Crippen MR) is 99.7 cm³/mol. The van der Waals surface area contributed by atoms with Gasteiger partial charge in [-0.3, -0.25) is 9.00 Å². The molecule has 3 rings (SSSR count). The first-order chi connectivity index (χ1) is 11.4. The maximum Gasteiger partial charge on any atom is 0.192 e. The highest BCUT2D eigenvalue weighted by atomic mass is 79.9. The number of ketones is 1. The molecule has 24 heavy (non-hydrogen) atoms. The molecule has 0 radical (unpaired) electrons. The zero-order valence-electron chi connectivity index (χ0n) is 12.5. The molecule has 1 N–H and O–H groups in total. The summed E-state index contributed by atoms with van der Waals surface area (Å²) in [6.45, 7) is 0. The minimum Gasteiger partial charge on any atom is -0.352 e. The Kier molecular flexibility index (Phi) is 4.90. The Labute approximate surface area is 153 Å². The van der Waals surface area contributed by atoms with Crippen LogP contribution in [0.2, 0.25) is 5.02 Å². The van der Waals surface area contributed by atoms with Gasteiger partial charge in [-0.2, -0.15) is 0 Å². The molecule has 2 aromatic carbocycles. The summed E-state index contributed by atoms with van der Waals surface area (Å²) in [5.41, 5.74) is 2.39. The van der Waals surface area contributed by atoms with Gasteiger partial charge in [0, 0.05) is 38.0 Å². The summed E-state index contributed by atoms with van der Waals surface area (Å²) in [4.78, 5) is 15.6. The Morgan fingerprint density at radius 2 is 1.96 bits per heavy atom. The summed E-state index contributed by atoms with van der Waals surface area (Å²) in [7, 11) is -1.26. The molecule has 1 aromatic heterocycles. The van der Waals surface area contributed by atoms with Crippen LogP contribution in [0.4, 0.5) is 4.39 Å². The first-order valence-corrected chi connectivity index (χ1v) is 9.86. The van der Waals surface area contributed by atoms with Crippen LogP contribution in [0.3, 0.4) is 0 Å². The normalized spacial score (nSPS) is 12.5. The third-order valence-corrected chi connectivity index (χ3v) is 5.45. The lowest BCUT2D eigenvalue weighted by Crippen LogP contribution is -2.11. The lowest BCUT2D eigenvalue weighted by Gasteiger charge is -2.05. The van der Waals surface area contributed by atoms with Gasteiger partial charge in [-0.1, -0.05) is 23.7 Å². The van der Waals surface area contributed by atoms with Crippen molar-refractivity contribution in [3.63, 3.8) is 0 Å². The lowest BCUT2D eigenvalue weighted by molar-refractivity contribution is 0.101. The van der Waals surface area contributed by atoms with E-state index in [-0.39, 0.29) is 17.4 Å². The number of carbonyl (C=O) groups is 1. The van der Waals surface area contributed by atoms with E-state index in [2.05, 4.69) is 20.9 Å². The minimum absolute atomic E-state index is 0.0874. The van der Waals surface area contributed by atoms with E-state index in [1.54, 1.807) is 24.3 Å². The number of rotatable bonds is 4. The van der Waals surface area contributed by atoms with E-state index >= 15 is 0 Å². The highest BCUT2D eigenvalue weighted by molar-refractivity contribution is 9.10. The first-order valence-electron chi connectivity index (χ1n) is 6.96. The van der Waals surface area contributed by atoms with Gasteiger partial charge in [-0.15, -0.1) is 0 Å². The molecule has 3 nitrogen and oxygen atoms in total. The SMILES string of the molecule is CS(=O)CC(=O)c1[nH]c2cc(Br)c(Cl)cc2c1-c1ccc(F)cc1. The summed E-state index contributed by atoms with van der Waals surface area (Å²) in [5, 5.41) is 1.25. The number of benzene rings is 2. The van der Waals surface area contributed by atoms with Gasteiger partial charge in [0.25, 0.3) is 0 Å². The van der Waals surface area contributed by atoms with Crippen LogP contribution in [0.25, 0.3) is 22.0 Å². The van der Waals surface area contributed by atoms with Crippen molar-refractivity contribution in [2.75, 3.05) is 12.0 Å². The molecule has 0 spiro atoms. The Bertz CT molecular complexity index is 969.